The number of rotatable bonds is 9. The third kappa shape index (κ3) is 6.86. The van der Waals surface area contributed by atoms with Crippen LogP contribution in [0.25, 0.3) is 11.1 Å². The number of carbonyl (C=O) groups excluding carboxylic acids is 2. The Bertz CT molecular complexity index is 1080. The minimum Gasteiger partial charge on any atom is -0.480 e. The van der Waals surface area contributed by atoms with Gasteiger partial charge in [-0.05, 0) is 34.1 Å². The average Bonchev–Trinajstić information content (AvgIpc) is 3.09. The van der Waals surface area contributed by atoms with Gasteiger partial charge in [0.15, 0.2) is 0 Å². The third-order valence-electron chi connectivity index (χ3n) is 5.91. The molecule has 0 fully saturated rings. The largest absolute Gasteiger partial charge is 0.480 e. The van der Waals surface area contributed by atoms with E-state index < -0.39 is 30.6 Å². The number of hydrogen-bond donors (Lipinski definition) is 2. The van der Waals surface area contributed by atoms with Gasteiger partial charge in [0.2, 0.25) is 5.91 Å². The minimum absolute atomic E-state index is 0.0717. The van der Waals surface area contributed by atoms with E-state index >= 15 is 0 Å². The molecule has 0 bridgehead atoms. The number of benzene rings is 2. The van der Waals surface area contributed by atoms with E-state index in [1.807, 2.05) is 57.2 Å². The van der Waals surface area contributed by atoms with Crippen LogP contribution in [0, 0.1) is 17.8 Å². The van der Waals surface area contributed by atoms with Gasteiger partial charge in [-0.1, -0.05) is 75.2 Å². The first kappa shape index (κ1) is 25.8. The molecule has 0 spiro atoms. The highest BCUT2D eigenvalue weighted by atomic mass is 16.5. The van der Waals surface area contributed by atoms with Crippen molar-refractivity contribution in [2.45, 2.75) is 45.6 Å². The van der Waals surface area contributed by atoms with Crippen LogP contribution >= 0.6 is 0 Å². The van der Waals surface area contributed by atoms with Crippen LogP contribution in [-0.4, -0.2) is 53.7 Å². The van der Waals surface area contributed by atoms with E-state index in [0.29, 0.717) is 6.42 Å². The average molecular weight is 477 g/mol. The highest BCUT2D eigenvalue weighted by molar-refractivity contribution is 5.82. The number of alkyl carbamates (subject to hydrolysis) is 1. The summed E-state index contributed by atoms with van der Waals surface area (Å²) >= 11 is 0. The monoisotopic (exact) mass is 476 g/mol. The smallest absolute Gasteiger partial charge is 0.407 e. The van der Waals surface area contributed by atoms with Crippen molar-refractivity contribution in [3.63, 3.8) is 0 Å². The van der Waals surface area contributed by atoms with Gasteiger partial charge in [-0.2, -0.15) is 0 Å². The quantitative estimate of drug-likeness (QED) is 0.527. The molecule has 7 heteroatoms. The molecule has 184 valence electrons. The van der Waals surface area contributed by atoms with E-state index in [9.17, 15) is 14.4 Å². The molecule has 2 N–H and O–H groups in total. The van der Waals surface area contributed by atoms with Crippen molar-refractivity contribution in [1.82, 2.24) is 10.2 Å². The first-order valence-corrected chi connectivity index (χ1v) is 11.6. The molecule has 2 aromatic carbocycles. The molecule has 0 saturated heterocycles. The first-order valence-electron chi connectivity index (χ1n) is 11.6. The number of fused-ring (bicyclic) bond motifs is 3. The van der Waals surface area contributed by atoms with Gasteiger partial charge in [-0.15, -0.1) is 6.42 Å². The number of hydrogen-bond acceptors (Lipinski definition) is 4. The summed E-state index contributed by atoms with van der Waals surface area (Å²) < 4.78 is 5.64. The number of amides is 2. The number of carboxylic acids is 1. The maximum Gasteiger partial charge on any atom is 0.407 e. The Morgan fingerprint density at radius 2 is 1.66 bits per heavy atom. The molecular formula is C28H32N2O5. The second kappa shape index (κ2) is 11.1. The van der Waals surface area contributed by atoms with Crippen molar-refractivity contribution in [2.75, 3.05) is 19.7 Å². The maximum atomic E-state index is 12.8. The zero-order chi connectivity index (χ0) is 25.6. The van der Waals surface area contributed by atoms with Gasteiger partial charge in [-0.25, -0.2) is 4.79 Å². The lowest BCUT2D eigenvalue weighted by molar-refractivity contribution is -0.144. The maximum absolute atomic E-state index is 12.8. The summed E-state index contributed by atoms with van der Waals surface area (Å²) in [6.07, 6.45) is 5.11. The van der Waals surface area contributed by atoms with Gasteiger partial charge in [0, 0.05) is 18.4 Å². The Balaban J connectivity index is 1.68. The van der Waals surface area contributed by atoms with Crippen molar-refractivity contribution < 1.29 is 24.2 Å². The van der Waals surface area contributed by atoms with E-state index in [2.05, 4.69) is 23.4 Å². The zero-order valence-electron chi connectivity index (χ0n) is 20.4. The molecule has 0 saturated carbocycles. The SMILES string of the molecule is C#CCN(CC(=O)O)C(=O)CC(CC(C)(C)C)NC(=O)OCC1c2ccccc2-c2ccccc21. The Hall–Kier alpha value is -3.79. The fraction of sp³-hybridized carbons (Fsp3) is 0.393. The topological polar surface area (TPSA) is 95.9 Å². The Morgan fingerprint density at radius 3 is 2.17 bits per heavy atom. The summed E-state index contributed by atoms with van der Waals surface area (Å²) in [5, 5.41) is 11.9. The summed E-state index contributed by atoms with van der Waals surface area (Å²) in [4.78, 5) is 37.8. The fourth-order valence-corrected chi connectivity index (χ4v) is 4.57. The van der Waals surface area contributed by atoms with Gasteiger partial charge in [0.1, 0.15) is 13.2 Å². The lowest BCUT2D eigenvalue weighted by atomic mass is 9.87. The number of aliphatic carboxylic acids is 1. The Morgan fingerprint density at radius 1 is 1.09 bits per heavy atom. The van der Waals surface area contributed by atoms with E-state index in [4.69, 9.17) is 16.3 Å². The highest BCUT2D eigenvalue weighted by Gasteiger charge is 2.30. The molecule has 1 aliphatic rings. The van der Waals surface area contributed by atoms with E-state index in [-0.39, 0.29) is 30.9 Å². The van der Waals surface area contributed by atoms with E-state index in [1.165, 1.54) is 0 Å². The summed E-state index contributed by atoms with van der Waals surface area (Å²) in [6, 6.07) is 15.6. The van der Waals surface area contributed by atoms with Crippen molar-refractivity contribution in [3.8, 4) is 23.5 Å². The van der Waals surface area contributed by atoms with Crippen LogP contribution in [-0.2, 0) is 14.3 Å². The van der Waals surface area contributed by atoms with E-state index in [0.717, 1.165) is 27.2 Å². The lowest BCUT2D eigenvalue weighted by Gasteiger charge is -2.28. The third-order valence-corrected chi connectivity index (χ3v) is 5.91. The molecular weight excluding hydrogens is 444 g/mol. The van der Waals surface area contributed by atoms with Crippen LogP contribution in [0.3, 0.4) is 0 Å². The summed E-state index contributed by atoms with van der Waals surface area (Å²) in [6.45, 7) is 5.56. The van der Waals surface area contributed by atoms with E-state index in [1.54, 1.807) is 0 Å². The Kier molecular flexibility index (Phi) is 8.18. The first-order chi connectivity index (χ1) is 16.6. The number of carbonyl (C=O) groups is 3. The molecule has 3 rings (SSSR count). The predicted molar refractivity (Wildman–Crippen MR) is 134 cm³/mol. The molecule has 0 heterocycles. The minimum atomic E-state index is -1.15. The predicted octanol–water partition coefficient (Wildman–Crippen LogP) is 4.27. The van der Waals surface area contributed by atoms with Gasteiger partial charge >= 0.3 is 12.1 Å². The summed E-state index contributed by atoms with van der Waals surface area (Å²) in [7, 11) is 0. The van der Waals surface area contributed by atoms with Crippen LogP contribution in [0.5, 0.6) is 0 Å². The molecule has 7 nitrogen and oxygen atoms in total. The van der Waals surface area contributed by atoms with Gasteiger partial charge in [0.25, 0.3) is 0 Å². The van der Waals surface area contributed by atoms with Crippen LogP contribution in [0.1, 0.15) is 50.7 Å². The molecule has 0 aliphatic heterocycles. The number of ether oxygens (including phenoxy) is 1. The second-order valence-electron chi connectivity index (χ2n) is 9.98. The molecule has 2 aromatic rings. The number of carboxylic acid groups (broad SMARTS) is 1. The lowest BCUT2D eigenvalue weighted by Crippen LogP contribution is -2.44. The van der Waals surface area contributed by atoms with Crippen molar-refractivity contribution in [3.05, 3.63) is 59.7 Å². The van der Waals surface area contributed by atoms with Crippen molar-refractivity contribution >= 4 is 18.0 Å². The molecule has 2 amide bonds. The van der Waals surface area contributed by atoms with Crippen LogP contribution in [0.15, 0.2) is 48.5 Å². The van der Waals surface area contributed by atoms with Crippen molar-refractivity contribution in [1.29, 1.82) is 0 Å². The number of nitrogens with zero attached hydrogens (tertiary/aromatic N) is 1. The molecule has 35 heavy (non-hydrogen) atoms. The molecule has 1 aliphatic carbocycles. The summed E-state index contributed by atoms with van der Waals surface area (Å²) in [5.41, 5.74) is 4.31. The highest BCUT2D eigenvalue weighted by Crippen LogP contribution is 2.44. The van der Waals surface area contributed by atoms with Gasteiger partial charge in [0.05, 0.1) is 6.54 Å². The van der Waals surface area contributed by atoms with Gasteiger partial charge in [-0.3, -0.25) is 9.59 Å². The van der Waals surface area contributed by atoms with Crippen molar-refractivity contribution in [2.24, 2.45) is 5.41 Å². The second-order valence-corrected chi connectivity index (χ2v) is 9.98. The zero-order valence-corrected chi connectivity index (χ0v) is 20.4. The summed E-state index contributed by atoms with van der Waals surface area (Å²) in [5.74, 6) is 0.663. The molecule has 1 unspecified atom stereocenters. The fourth-order valence-electron chi connectivity index (χ4n) is 4.57. The molecule has 1 atom stereocenters. The standard InChI is InChI=1S/C28H32N2O5/c1-5-14-30(17-26(32)33)25(31)15-19(16-28(2,3)4)29-27(34)35-18-24-22-12-8-6-10-20(22)21-11-7-9-13-23(21)24/h1,6-13,19,24H,14-18H2,2-4H3,(H,29,34)(H,32,33). The Labute approximate surface area is 206 Å². The van der Waals surface area contributed by atoms with Crippen LogP contribution < -0.4 is 5.32 Å². The normalized spacial score (nSPS) is 13.2. The number of nitrogens with one attached hydrogen (secondary N) is 1. The molecule has 0 radical (unpaired) electrons. The van der Waals surface area contributed by atoms with Crippen LogP contribution in [0.4, 0.5) is 4.79 Å². The van der Waals surface area contributed by atoms with Gasteiger partial charge < -0.3 is 20.1 Å². The van der Waals surface area contributed by atoms with Crippen LogP contribution in [0.2, 0.25) is 0 Å². The number of terminal acetylenes is 1. The molecule has 0 aromatic heterocycles.